The van der Waals surface area contributed by atoms with Crippen molar-refractivity contribution in [1.82, 2.24) is 10.6 Å². The average Bonchev–Trinajstić information content (AvgIpc) is 2.77. The molecule has 0 radical (unpaired) electrons. The second kappa shape index (κ2) is 7.75. The van der Waals surface area contributed by atoms with Crippen molar-refractivity contribution in [3.05, 3.63) is 0 Å². The molecule has 21 heavy (non-hydrogen) atoms. The van der Waals surface area contributed by atoms with Crippen LogP contribution in [-0.2, 0) is 14.3 Å². The van der Waals surface area contributed by atoms with Gasteiger partial charge in [-0.25, -0.2) is 0 Å². The first kappa shape index (κ1) is 17.9. The van der Waals surface area contributed by atoms with E-state index in [9.17, 15) is 9.59 Å². The van der Waals surface area contributed by atoms with Crippen LogP contribution in [0.25, 0.3) is 0 Å². The summed E-state index contributed by atoms with van der Waals surface area (Å²) in [7, 11) is 1.36. The molecule has 1 aliphatic rings. The Kier molecular flexibility index (Phi) is 6.61. The van der Waals surface area contributed by atoms with Crippen LogP contribution in [0.4, 0.5) is 0 Å². The van der Waals surface area contributed by atoms with Crippen LogP contribution < -0.4 is 16.4 Å². The van der Waals surface area contributed by atoms with Crippen LogP contribution in [0.15, 0.2) is 0 Å². The summed E-state index contributed by atoms with van der Waals surface area (Å²) in [6.45, 7) is 7.61. The van der Waals surface area contributed by atoms with E-state index in [1.807, 2.05) is 0 Å². The second-order valence-electron chi connectivity index (χ2n) is 7.02. The van der Waals surface area contributed by atoms with Crippen LogP contribution in [0.2, 0.25) is 0 Å². The van der Waals surface area contributed by atoms with E-state index < -0.39 is 6.04 Å². The molecule has 0 aromatic carbocycles. The van der Waals surface area contributed by atoms with Gasteiger partial charge < -0.3 is 21.1 Å². The third-order valence-electron chi connectivity index (χ3n) is 3.67. The summed E-state index contributed by atoms with van der Waals surface area (Å²) in [5.74, 6) is -0.442. The molecule has 1 rings (SSSR count). The Morgan fingerprint density at radius 1 is 1.52 bits per heavy atom. The van der Waals surface area contributed by atoms with E-state index in [2.05, 4.69) is 31.4 Å². The van der Waals surface area contributed by atoms with E-state index in [1.165, 1.54) is 7.11 Å². The van der Waals surface area contributed by atoms with Gasteiger partial charge in [0.1, 0.15) is 6.04 Å². The fourth-order valence-electron chi connectivity index (χ4n) is 2.71. The lowest BCUT2D eigenvalue weighted by atomic mass is 9.88. The highest BCUT2D eigenvalue weighted by Crippen LogP contribution is 2.20. The van der Waals surface area contributed by atoms with Crippen LogP contribution in [0.3, 0.4) is 0 Å². The molecule has 0 aromatic heterocycles. The summed E-state index contributed by atoms with van der Waals surface area (Å²) in [5, 5.41) is 5.95. The number of carbonyl (C=O) groups excluding carboxylic acids is 2. The largest absolute Gasteiger partial charge is 0.468 e. The highest BCUT2D eigenvalue weighted by atomic mass is 16.5. The minimum absolute atomic E-state index is 0.0182. The minimum atomic E-state index is -0.477. The molecule has 1 amide bonds. The fourth-order valence-corrected chi connectivity index (χ4v) is 2.71. The summed E-state index contributed by atoms with van der Waals surface area (Å²) >= 11 is 0. The van der Waals surface area contributed by atoms with Crippen LogP contribution in [0.1, 0.15) is 40.0 Å². The number of esters is 1. The zero-order chi connectivity index (χ0) is 16.0. The lowest BCUT2D eigenvalue weighted by Crippen LogP contribution is -2.46. The molecule has 6 heteroatoms. The standard InChI is InChI=1S/C15H29N3O3/c1-15(2,3)8-11(16)9-18-12(14(20)21-4)7-10-5-6-17-13(10)19/h10-12,18H,5-9,16H2,1-4H3,(H,17,19). The lowest BCUT2D eigenvalue weighted by molar-refractivity contribution is -0.143. The Balaban J connectivity index is 2.50. The number of methoxy groups -OCH3 is 1. The van der Waals surface area contributed by atoms with Gasteiger partial charge in [0.15, 0.2) is 0 Å². The van der Waals surface area contributed by atoms with Gasteiger partial charge in [0.05, 0.1) is 7.11 Å². The van der Waals surface area contributed by atoms with Gasteiger partial charge in [-0.3, -0.25) is 9.59 Å². The Morgan fingerprint density at radius 3 is 2.67 bits per heavy atom. The molecule has 1 aliphatic heterocycles. The molecular weight excluding hydrogens is 270 g/mol. The van der Waals surface area contributed by atoms with Crippen LogP contribution in [-0.4, -0.2) is 44.2 Å². The maximum absolute atomic E-state index is 11.8. The van der Waals surface area contributed by atoms with Crippen molar-refractivity contribution in [1.29, 1.82) is 0 Å². The predicted molar refractivity (Wildman–Crippen MR) is 81.6 cm³/mol. The predicted octanol–water partition coefficient (Wildman–Crippen LogP) is 0.407. The molecule has 0 saturated carbocycles. The van der Waals surface area contributed by atoms with Crippen molar-refractivity contribution in [3.8, 4) is 0 Å². The van der Waals surface area contributed by atoms with Crippen LogP contribution in [0.5, 0.6) is 0 Å². The SMILES string of the molecule is COC(=O)C(CC1CCNC1=O)NCC(N)CC(C)(C)C. The molecule has 6 nitrogen and oxygen atoms in total. The molecule has 0 bridgehead atoms. The first-order valence-corrected chi connectivity index (χ1v) is 7.57. The van der Waals surface area contributed by atoms with Gasteiger partial charge in [0, 0.05) is 25.0 Å². The molecule has 122 valence electrons. The van der Waals surface area contributed by atoms with Crippen molar-refractivity contribution in [2.75, 3.05) is 20.2 Å². The van der Waals surface area contributed by atoms with E-state index in [0.29, 0.717) is 19.5 Å². The van der Waals surface area contributed by atoms with Gasteiger partial charge in [-0.05, 0) is 24.7 Å². The summed E-state index contributed by atoms with van der Waals surface area (Å²) in [6.07, 6.45) is 2.08. The summed E-state index contributed by atoms with van der Waals surface area (Å²) < 4.78 is 4.82. The lowest BCUT2D eigenvalue weighted by Gasteiger charge is -2.25. The summed E-state index contributed by atoms with van der Waals surface area (Å²) in [4.78, 5) is 23.5. The number of nitrogens with one attached hydrogen (secondary N) is 2. The minimum Gasteiger partial charge on any atom is -0.468 e. The second-order valence-corrected chi connectivity index (χ2v) is 7.02. The molecule has 1 fully saturated rings. The first-order valence-electron chi connectivity index (χ1n) is 7.57. The number of hydrogen-bond acceptors (Lipinski definition) is 5. The smallest absolute Gasteiger partial charge is 0.322 e. The normalized spacial score (nSPS) is 21.8. The van der Waals surface area contributed by atoms with E-state index in [0.717, 1.165) is 12.8 Å². The van der Waals surface area contributed by atoms with Crippen molar-refractivity contribution >= 4 is 11.9 Å². The van der Waals surface area contributed by atoms with E-state index >= 15 is 0 Å². The molecular formula is C15H29N3O3. The van der Waals surface area contributed by atoms with Gasteiger partial charge in [-0.2, -0.15) is 0 Å². The van der Waals surface area contributed by atoms with Crippen molar-refractivity contribution < 1.29 is 14.3 Å². The Morgan fingerprint density at radius 2 is 2.19 bits per heavy atom. The summed E-state index contributed by atoms with van der Waals surface area (Å²) in [6, 6.07) is -0.510. The number of rotatable bonds is 7. The highest BCUT2D eigenvalue weighted by molar-refractivity contribution is 5.82. The first-order chi connectivity index (χ1) is 9.73. The molecule has 4 N–H and O–H groups in total. The Bertz CT molecular complexity index is 366. The molecule has 0 aromatic rings. The average molecular weight is 299 g/mol. The zero-order valence-electron chi connectivity index (χ0n) is 13.6. The van der Waals surface area contributed by atoms with Crippen molar-refractivity contribution in [2.45, 2.75) is 52.1 Å². The maximum Gasteiger partial charge on any atom is 0.322 e. The molecule has 1 heterocycles. The van der Waals surface area contributed by atoms with Crippen molar-refractivity contribution in [2.24, 2.45) is 17.1 Å². The molecule has 3 unspecified atom stereocenters. The van der Waals surface area contributed by atoms with Gasteiger partial charge in [0.25, 0.3) is 0 Å². The number of hydrogen-bond donors (Lipinski definition) is 3. The molecule has 3 atom stereocenters. The number of amides is 1. The van der Waals surface area contributed by atoms with Gasteiger partial charge in [0.2, 0.25) is 5.91 Å². The van der Waals surface area contributed by atoms with Crippen LogP contribution >= 0.6 is 0 Å². The van der Waals surface area contributed by atoms with Gasteiger partial charge >= 0.3 is 5.97 Å². The van der Waals surface area contributed by atoms with Crippen molar-refractivity contribution in [3.63, 3.8) is 0 Å². The maximum atomic E-state index is 11.8. The van der Waals surface area contributed by atoms with E-state index in [1.54, 1.807) is 0 Å². The monoisotopic (exact) mass is 299 g/mol. The fraction of sp³-hybridized carbons (Fsp3) is 0.867. The third kappa shape index (κ3) is 6.44. The van der Waals surface area contributed by atoms with Crippen LogP contribution in [0, 0.1) is 11.3 Å². The van der Waals surface area contributed by atoms with E-state index in [-0.39, 0.29) is 29.3 Å². The number of nitrogens with two attached hydrogens (primary N) is 1. The van der Waals surface area contributed by atoms with Gasteiger partial charge in [-0.1, -0.05) is 20.8 Å². The number of ether oxygens (including phenoxy) is 1. The summed E-state index contributed by atoms with van der Waals surface area (Å²) in [5.41, 5.74) is 6.24. The number of carbonyl (C=O) groups is 2. The molecule has 1 saturated heterocycles. The van der Waals surface area contributed by atoms with Gasteiger partial charge in [-0.15, -0.1) is 0 Å². The Labute approximate surface area is 127 Å². The Hall–Kier alpha value is -1.14. The van der Waals surface area contributed by atoms with E-state index in [4.69, 9.17) is 10.5 Å². The molecule has 0 spiro atoms. The zero-order valence-corrected chi connectivity index (χ0v) is 13.6. The molecule has 0 aliphatic carbocycles. The topological polar surface area (TPSA) is 93.4 Å². The quantitative estimate of drug-likeness (QED) is 0.592. The highest BCUT2D eigenvalue weighted by Gasteiger charge is 2.31. The third-order valence-corrected chi connectivity index (χ3v) is 3.67.